The molecule has 272 valence electrons. The van der Waals surface area contributed by atoms with Crippen molar-refractivity contribution in [3.8, 4) is 0 Å². The highest BCUT2D eigenvalue weighted by atomic mass is 15.1. The average molecular weight is 634 g/mol. The normalized spacial score (nSPS) is 11.7. The van der Waals surface area contributed by atoms with E-state index in [0.29, 0.717) is 0 Å². The third kappa shape index (κ3) is 40.1. The van der Waals surface area contributed by atoms with Gasteiger partial charge in [-0.2, -0.15) is 0 Å². The zero-order valence-electron chi connectivity index (χ0n) is 32.4. The van der Waals surface area contributed by atoms with E-state index in [-0.39, 0.29) is 0 Å². The van der Waals surface area contributed by atoms with Crippen LogP contribution in [0.3, 0.4) is 0 Å². The molecule has 1 heteroatoms. The van der Waals surface area contributed by atoms with Gasteiger partial charge >= 0.3 is 0 Å². The summed E-state index contributed by atoms with van der Waals surface area (Å²) in [4.78, 5) is 2.87. The highest BCUT2D eigenvalue weighted by Crippen LogP contribution is 2.16. The minimum absolute atomic E-state index is 1.37. The van der Waals surface area contributed by atoms with Crippen LogP contribution in [0.15, 0.2) is 0 Å². The zero-order valence-corrected chi connectivity index (χ0v) is 32.4. The van der Waals surface area contributed by atoms with E-state index in [4.69, 9.17) is 0 Å². The Labute approximate surface area is 288 Å². The van der Waals surface area contributed by atoms with Crippen LogP contribution in [0.2, 0.25) is 0 Å². The van der Waals surface area contributed by atoms with Crippen molar-refractivity contribution in [2.24, 2.45) is 0 Å². The van der Waals surface area contributed by atoms with Gasteiger partial charge in [0.05, 0.1) is 0 Å². The Balaban J connectivity index is 3.88. The van der Waals surface area contributed by atoms with Gasteiger partial charge in [0.25, 0.3) is 0 Å². The Hall–Kier alpha value is -0.0400. The lowest BCUT2D eigenvalue weighted by Gasteiger charge is -2.22. The molecule has 0 aromatic heterocycles. The first kappa shape index (κ1) is 45.0. The molecule has 0 aliphatic rings. The molecule has 1 nitrogen and oxygen atoms in total. The monoisotopic (exact) mass is 634 g/mol. The molecular weight excluding hydrogens is 542 g/mol. The van der Waals surface area contributed by atoms with E-state index in [2.05, 4.69) is 25.7 Å². The summed E-state index contributed by atoms with van der Waals surface area (Å²) in [6, 6.07) is 0. The summed E-state index contributed by atoms with van der Waals surface area (Å²) in [7, 11) is 0. The van der Waals surface area contributed by atoms with E-state index in [1.807, 2.05) is 0 Å². The topological polar surface area (TPSA) is 3.24 Å². The van der Waals surface area contributed by atoms with Crippen molar-refractivity contribution in [1.29, 1.82) is 0 Å². The maximum Gasteiger partial charge on any atom is -0.00187 e. The van der Waals surface area contributed by atoms with E-state index in [1.165, 1.54) is 264 Å². The van der Waals surface area contributed by atoms with Crippen LogP contribution in [-0.4, -0.2) is 24.5 Å². The predicted molar refractivity (Wildman–Crippen MR) is 209 cm³/mol. The van der Waals surface area contributed by atoms with Crippen LogP contribution in [-0.2, 0) is 0 Å². The molecule has 0 unspecified atom stereocenters. The van der Waals surface area contributed by atoms with Crippen LogP contribution in [0.1, 0.15) is 265 Å². The van der Waals surface area contributed by atoms with Gasteiger partial charge in [-0.1, -0.05) is 245 Å². The van der Waals surface area contributed by atoms with Gasteiger partial charge in [-0.3, -0.25) is 0 Å². The number of unbranched alkanes of at least 4 members (excludes halogenated alkanes) is 35. The second kappa shape index (κ2) is 42.0. The molecule has 45 heavy (non-hydrogen) atoms. The minimum atomic E-state index is 1.37. The highest BCUT2D eigenvalue weighted by Gasteiger charge is 2.05. The maximum absolute atomic E-state index is 2.87. The van der Waals surface area contributed by atoms with Gasteiger partial charge < -0.3 is 4.90 Å². The highest BCUT2D eigenvalue weighted by molar-refractivity contribution is 4.61. The largest absolute Gasteiger partial charge is 0.303 e. The van der Waals surface area contributed by atoms with Crippen molar-refractivity contribution in [3.05, 3.63) is 0 Å². The summed E-state index contributed by atoms with van der Waals surface area (Å²) in [6.45, 7) is 11.1. The molecule has 0 saturated heterocycles. The van der Waals surface area contributed by atoms with Crippen molar-refractivity contribution in [2.75, 3.05) is 19.6 Å². The standard InChI is InChI=1S/C44H91N/c1-4-7-10-13-16-19-22-24-26-28-31-34-37-40-43-45(42-39-36-33-30-21-18-15-12-9-6-3)44-41-38-35-32-29-27-25-23-20-17-14-11-8-5-2/h4-44H2,1-3H3. The molecule has 0 radical (unpaired) electrons. The van der Waals surface area contributed by atoms with Gasteiger partial charge in [0.15, 0.2) is 0 Å². The molecule has 0 aromatic rings. The smallest absolute Gasteiger partial charge is 0.00187 e. The summed E-state index contributed by atoms with van der Waals surface area (Å²) in [6.07, 6.45) is 55.6. The second-order valence-electron chi connectivity index (χ2n) is 15.2. The van der Waals surface area contributed by atoms with Gasteiger partial charge in [0.2, 0.25) is 0 Å². The van der Waals surface area contributed by atoms with Crippen molar-refractivity contribution in [2.45, 2.75) is 265 Å². The van der Waals surface area contributed by atoms with Crippen LogP contribution in [0, 0.1) is 0 Å². The van der Waals surface area contributed by atoms with Crippen molar-refractivity contribution >= 4 is 0 Å². The van der Waals surface area contributed by atoms with Gasteiger partial charge in [-0.15, -0.1) is 0 Å². The Morgan fingerprint density at radius 1 is 0.178 bits per heavy atom. The van der Waals surface area contributed by atoms with Crippen molar-refractivity contribution in [3.63, 3.8) is 0 Å². The fourth-order valence-corrected chi connectivity index (χ4v) is 7.22. The Kier molecular flexibility index (Phi) is 41.9. The van der Waals surface area contributed by atoms with Crippen molar-refractivity contribution in [1.82, 2.24) is 4.90 Å². The lowest BCUT2D eigenvalue weighted by atomic mass is 10.0. The fraction of sp³-hybridized carbons (Fsp3) is 1.00. The van der Waals surface area contributed by atoms with E-state index in [9.17, 15) is 0 Å². The molecule has 0 spiro atoms. The number of nitrogens with zero attached hydrogens (tertiary/aromatic N) is 1. The zero-order chi connectivity index (χ0) is 32.6. The first-order chi connectivity index (χ1) is 22.3. The van der Waals surface area contributed by atoms with Crippen LogP contribution in [0.4, 0.5) is 0 Å². The first-order valence-corrected chi connectivity index (χ1v) is 22.1. The minimum Gasteiger partial charge on any atom is -0.303 e. The molecule has 0 atom stereocenters. The van der Waals surface area contributed by atoms with E-state index in [0.717, 1.165) is 0 Å². The van der Waals surface area contributed by atoms with Gasteiger partial charge in [-0.25, -0.2) is 0 Å². The number of hydrogen-bond acceptors (Lipinski definition) is 1. The molecule has 0 aromatic carbocycles. The third-order valence-corrected chi connectivity index (χ3v) is 10.5. The summed E-state index contributed by atoms with van der Waals surface area (Å²) in [5, 5.41) is 0. The lowest BCUT2D eigenvalue weighted by molar-refractivity contribution is 0.254. The molecule has 0 saturated carbocycles. The molecule has 0 amide bonds. The number of rotatable bonds is 41. The summed E-state index contributed by atoms with van der Waals surface area (Å²) >= 11 is 0. The van der Waals surface area contributed by atoms with E-state index >= 15 is 0 Å². The number of hydrogen-bond donors (Lipinski definition) is 0. The fourth-order valence-electron chi connectivity index (χ4n) is 7.22. The van der Waals surface area contributed by atoms with Gasteiger partial charge in [0, 0.05) is 0 Å². The van der Waals surface area contributed by atoms with E-state index < -0.39 is 0 Å². The Bertz CT molecular complexity index is 455. The van der Waals surface area contributed by atoms with Crippen LogP contribution in [0.25, 0.3) is 0 Å². The molecule has 0 rings (SSSR count). The maximum atomic E-state index is 2.87. The molecule has 0 fully saturated rings. The lowest BCUT2D eigenvalue weighted by Crippen LogP contribution is -2.27. The van der Waals surface area contributed by atoms with Crippen LogP contribution in [0.5, 0.6) is 0 Å². The SMILES string of the molecule is CCCCCCCCCCCCCCCCN(CCCCCCCCCCCC)CCCCCCCCCCCCCCCC. The molecule has 0 N–H and O–H groups in total. The Morgan fingerprint density at radius 2 is 0.311 bits per heavy atom. The van der Waals surface area contributed by atoms with E-state index in [1.54, 1.807) is 0 Å². The molecular formula is C44H91N. The molecule has 0 bridgehead atoms. The van der Waals surface area contributed by atoms with Crippen molar-refractivity contribution < 1.29 is 0 Å². The second-order valence-corrected chi connectivity index (χ2v) is 15.2. The predicted octanol–water partition coefficient (Wildman–Crippen LogP) is 16.2. The summed E-state index contributed by atoms with van der Waals surface area (Å²) in [5.41, 5.74) is 0. The van der Waals surface area contributed by atoms with Crippen LogP contribution < -0.4 is 0 Å². The molecule has 0 aliphatic heterocycles. The van der Waals surface area contributed by atoms with Gasteiger partial charge in [0.1, 0.15) is 0 Å². The summed E-state index contributed by atoms with van der Waals surface area (Å²) < 4.78 is 0. The van der Waals surface area contributed by atoms with Gasteiger partial charge in [-0.05, 0) is 38.9 Å². The average Bonchev–Trinajstić information content (AvgIpc) is 3.05. The first-order valence-electron chi connectivity index (χ1n) is 22.1. The summed E-state index contributed by atoms with van der Waals surface area (Å²) in [5.74, 6) is 0. The quantitative estimate of drug-likeness (QED) is 0.0605. The Morgan fingerprint density at radius 3 is 0.467 bits per heavy atom. The third-order valence-electron chi connectivity index (χ3n) is 10.5. The molecule has 0 heterocycles. The molecule has 0 aliphatic carbocycles. The van der Waals surface area contributed by atoms with Crippen LogP contribution >= 0.6 is 0 Å².